The molecule has 6 heteroatoms. The standard InChI is InChI=1S/C11H19F3N2O/c12-11(13,14)10-7-8(15)1-4-16(10)9-2-5-17-6-3-9/h8-10H,1-7,15H2/t8-,10-/m0/s1. The van der Waals surface area contributed by atoms with Crippen molar-refractivity contribution in [1.29, 1.82) is 0 Å². The Morgan fingerprint density at radius 2 is 1.76 bits per heavy atom. The minimum absolute atomic E-state index is 0.00266. The molecule has 0 amide bonds. The molecule has 0 radical (unpaired) electrons. The number of ether oxygens (including phenoxy) is 1. The summed E-state index contributed by atoms with van der Waals surface area (Å²) in [6.07, 6.45) is -2.09. The van der Waals surface area contributed by atoms with Gasteiger partial charge in [-0.2, -0.15) is 13.2 Å². The Balaban J connectivity index is 2.06. The Morgan fingerprint density at radius 1 is 1.12 bits per heavy atom. The van der Waals surface area contributed by atoms with Gasteiger partial charge in [-0.3, -0.25) is 4.90 Å². The zero-order chi connectivity index (χ0) is 12.5. The quantitative estimate of drug-likeness (QED) is 0.769. The highest BCUT2D eigenvalue weighted by Gasteiger charge is 2.48. The minimum Gasteiger partial charge on any atom is -0.381 e. The van der Waals surface area contributed by atoms with Crippen molar-refractivity contribution in [2.24, 2.45) is 5.73 Å². The Bertz CT molecular complexity index is 254. The van der Waals surface area contributed by atoms with Gasteiger partial charge in [0.05, 0.1) is 0 Å². The van der Waals surface area contributed by atoms with E-state index in [1.165, 1.54) is 0 Å². The van der Waals surface area contributed by atoms with Crippen LogP contribution in [0.4, 0.5) is 13.2 Å². The molecule has 0 saturated carbocycles. The van der Waals surface area contributed by atoms with Crippen LogP contribution in [0.3, 0.4) is 0 Å². The predicted octanol–water partition coefficient (Wildman–Crippen LogP) is 1.52. The molecule has 100 valence electrons. The van der Waals surface area contributed by atoms with Gasteiger partial charge in [0.15, 0.2) is 0 Å². The lowest BCUT2D eigenvalue weighted by molar-refractivity contribution is -0.202. The summed E-state index contributed by atoms with van der Waals surface area (Å²) >= 11 is 0. The molecule has 0 aliphatic carbocycles. The maximum atomic E-state index is 13.0. The number of nitrogens with two attached hydrogens (primary N) is 1. The van der Waals surface area contributed by atoms with Crippen molar-refractivity contribution < 1.29 is 17.9 Å². The summed E-state index contributed by atoms with van der Waals surface area (Å²) in [5, 5.41) is 0. The predicted molar refractivity (Wildman–Crippen MR) is 57.6 cm³/mol. The van der Waals surface area contributed by atoms with Gasteiger partial charge in [0, 0.05) is 31.8 Å². The lowest BCUT2D eigenvalue weighted by Crippen LogP contribution is -2.58. The van der Waals surface area contributed by atoms with Crippen LogP contribution in [0.15, 0.2) is 0 Å². The van der Waals surface area contributed by atoms with Crippen molar-refractivity contribution in [3.8, 4) is 0 Å². The highest BCUT2D eigenvalue weighted by atomic mass is 19.4. The fraction of sp³-hybridized carbons (Fsp3) is 1.00. The van der Waals surface area contributed by atoms with Gasteiger partial charge in [-0.05, 0) is 25.7 Å². The molecule has 2 saturated heterocycles. The topological polar surface area (TPSA) is 38.5 Å². The van der Waals surface area contributed by atoms with E-state index in [4.69, 9.17) is 10.5 Å². The first-order chi connectivity index (χ1) is 7.98. The van der Waals surface area contributed by atoms with Crippen LogP contribution in [-0.2, 0) is 4.74 Å². The third-order valence-corrected chi connectivity index (χ3v) is 3.72. The molecule has 2 heterocycles. The van der Waals surface area contributed by atoms with Gasteiger partial charge in [0.1, 0.15) is 6.04 Å². The van der Waals surface area contributed by atoms with Crippen molar-refractivity contribution in [1.82, 2.24) is 4.90 Å². The third-order valence-electron chi connectivity index (χ3n) is 3.72. The number of piperidine rings is 1. The van der Waals surface area contributed by atoms with Crippen molar-refractivity contribution >= 4 is 0 Å². The van der Waals surface area contributed by atoms with Gasteiger partial charge < -0.3 is 10.5 Å². The van der Waals surface area contributed by atoms with E-state index in [0.717, 1.165) is 0 Å². The number of halogens is 3. The van der Waals surface area contributed by atoms with Crippen LogP contribution in [-0.4, -0.2) is 49.0 Å². The molecular weight excluding hydrogens is 233 g/mol. The fourth-order valence-corrected chi connectivity index (χ4v) is 2.79. The van der Waals surface area contributed by atoms with Crippen molar-refractivity contribution in [2.45, 2.75) is 50.0 Å². The molecule has 2 aliphatic heterocycles. The zero-order valence-corrected chi connectivity index (χ0v) is 9.75. The Kier molecular flexibility index (Phi) is 3.95. The first-order valence-corrected chi connectivity index (χ1v) is 6.14. The van der Waals surface area contributed by atoms with Gasteiger partial charge in [0.2, 0.25) is 0 Å². The van der Waals surface area contributed by atoms with E-state index in [-0.39, 0.29) is 18.5 Å². The van der Waals surface area contributed by atoms with Crippen molar-refractivity contribution in [2.75, 3.05) is 19.8 Å². The molecule has 2 atom stereocenters. The summed E-state index contributed by atoms with van der Waals surface area (Å²) in [6, 6.07) is -1.69. The number of rotatable bonds is 1. The molecule has 0 unspecified atom stereocenters. The van der Waals surface area contributed by atoms with Crippen LogP contribution in [0.1, 0.15) is 25.7 Å². The summed E-state index contributed by atoms with van der Waals surface area (Å²) in [4.78, 5) is 1.60. The molecule has 17 heavy (non-hydrogen) atoms. The Morgan fingerprint density at radius 3 is 2.35 bits per heavy atom. The number of nitrogens with zero attached hydrogens (tertiary/aromatic N) is 1. The van der Waals surface area contributed by atoms with Gasteiger partial charge >= 0.3 is 6.18 Å². The summed E-state index contributed by atoms with van der Waals surface area (Å²) in [7, 11) is 0. The average molecular weight is 252 g/mol. The lowest BCUT2D eigenvalue weighted by Gasteiger charge is -2.44. The molecule has 0 aromatic heterocycles. The first kappa shape index (κ1) is 13.1. The molecule has 2 rings (SSSR count). The smallest absolute Gasteiger partial charge is 0.381 e. The first-order valence-electron chi connectivity index (χ1n) is 6.14. The van der Waals surface area contributed by atoms with E-state index in [1.807, 2.05) is 0 Å². The van der Waals surface area contributed by atoms with E-state index in [9.17, 15) is 13.2 Å². The summed E-state index contributed by atoms with van der Waals surface area (Å²) in [6.45, 7) is 1.59. The van der Waals surface area contributed by atoms with Crippen LogP contribution in [0, 0.1) is 0 Å². The zero-order valence-electron chi connectivity index (χ0n) is 9.75. The second-order valence-corrected chi connectivity index (χ2v) is 4.92. The van der Waals surface area contributed by atoms with Crippen LogP contribution < -0.4 is 5.73 Å². The van der Waals surface area contributed by atoms with Crippen LogP contribution in [0.5, 0.6) is 0 Å². The molecule has 2 N–H and O–H groups in total. The largest absolute Gasteiger partial charge is 0.404 e. The Hall–Kier alpha value is -0.330. The number of alkyl halides is 3. The molecule has 0 aromatic rings. The normalized spacial score (nSPS) is 33.9. The van der Waals surface area contributed by atoms with E-state index < -0.39 is 12.2 Å². The van der Waals surface area contributed by atoms with Crippen LogP contribution in [0.2, 0.25) is 0 Å². The summed E-state index contributed by atoms with van der Waals surface area (Å²) in [5.74, 6) is 0. The van der Waals surface area contributed by atoms with Gasteiger partial charge in [-0.1, -0.05) is 0 Å². The van der Waals surface area contributed by atoms with Gasteiger partial charge in [0.25, 0.3) is 0 Å². The lowest BCUT2D eigenvalue weighted by atomic mass is 9.93. The second kappa shape index (κ2) is 5.12. The average Bonchev–Trinajstić information content (AvgIpc) is 2.29. The molecule has 0 spiro atoms. The third kappa shape index (κ3) is 3.11. The van der Waals surface area contributed by atoms with E-state index in [0.29, 0.717) is 39.0 Å². The van der Waals surface area contributed by atoms with Gasteiger partial charge in [-0.25, -0.2) is 0 Å². The molecule has 0 bridgehead atoms. The van der Waals surface area contributed by atoms with Crippen LogP contribution >= 0.6 is 0 Å². The van der Waals surface area contributed by atoms with E-state index >= 15 is 0 Å². The highest BCUT2D eigenvalue weighted by Crippen LogP contribution is 2.34. The second-order valence-electron chi connectivity index (χ2n) is 4.92. The molecule has 2 aliphatic rings. The fourth-order valence-electron chi connectivity index (χ4n) is 2.79. The van der Waals surface area contributed by atoms with Crippen molar-refractivity contribution in [3.63, 3.8) is 0 Å². The summed E-state index contributed by atoms with van der Waals surface area (Å²) in [5.41, 5.74) is 5.66. The van der Waals surface area contributed by atoms with Crippen LogP contribution in [0.25, 0.3) is 0 Å². The SMILES string of the molecule is N[C@H]1CCN(C2CCOCC2)[C@H](C(F)(F)F)C1. The summed E-state index contributed by atoms with van der Waals surface area (Å²) < 4.78 is 44.2. The highest BCUT2D eigenvalue weighted by molar-refractivity contribution is 4.92. The van der Waals surface area contributed by atoms with Crippen molar-refractivity contribution in [3.05, 3.63) is 0 Å². The number of likely N-dealkylation sites (tertiary alicyclic amines) is 1. The van der Waals surface area contributed by atoms with E-state index in [1.54, 1.807) is 4.90 Å². The number of hydrogen-bond donors (Lipinski definition) is 1. The van der Waals surface area contributed by atoms with Gasteiger partial charge in [-0.15, -0.1) is 0 Å². The monoisotopic (exact) mass is 252 g/mol. The van der Waals surface area contributed by atoms with E-state index in [2.05, 4.69) is 0 Å². The minimum atomic E-state index is -4.17. The molecular formula is C11H19F3N2O. The Labute approximate surface area is 99.1 Å². The maximum Gasteiger partial charge on any atom is 0.404 e. The molecule has 0 aromatic carbocycles. The number of hydrogen-bond acceptors (Lipinski definition) is 3. The maximum absolute atomic E-state index is 13.0. The molecule has 3 nitrogen and oxygen atoms in total. The molecule has 2 fully saturated rings.